The van der Waals surface area contributed by atoms with E-state index >= 15 is 0 Å². The lowest BCUT2D eigenvalue weighted by atomic mass is 9.97. The Bertz CT molecular complexity index is 2000. The van der Waals surface area contributed by atoms with Gasteiger partial charge in [-0.3, -0.25) is 4.79 Å². The number of allylic oxidation sites excluding steroid dienone is 18. The van der Waals surface area contributed by atoms with Crippen molar-refractivity contribution in [3.8, 4) is 0 Å². The van der Waals surface area contributed by atoms with Gasteiger partial charge in [0.25, 0.3) is 0 Å². The Kier molecular flexibility index (Phi) is 58.2. The van der Waals surface area contributed by atoms with Crippen LogP contribution in [0.25, 0.3) is 0 Å². The molecule has 0 aliphatic carbocycles. The summed E-state index contributed by atoms with van der Waals surface area (Å²) in [6.45, 7) is 2.75. The number of amides is 1. The molecule has 2 aliphatic heterocycles. The summed E-state index contributed by atoms with van der Waals surface area (Å²) in [7, 11) is 0. The van der Waals surface area contributed by atoms with E-state index in [9.17, 15) is 45.6 Å². The van der Waals surface area contributed by atoms with Crippen LogP contribution in [0.15, 0.2) is 109 Å². The summed E-state index contributed by atoms with van der Waals surface area (Å²) >= 11 is 0. The first-order valence-corrected chi connectivity index (χ1v) is 38.1. The molecule has 0 aromatic rings. The zero-order valence-corrected chi connectivity index (χ0v) is 59.2. The van der Waals surface area contributed by atoms with Crippen LogP contribution in [0.4, 0.5) is 0 Å². The van der Waals surface area contributed by atoms with Crippen molar-refractivity contribution in [2.24, 2.45) is 0 Å². The Morgan fingerprint density at radius 3 is 1.12 bits per heavy atom. The molecule has 2 fully saturated rings. The average Bonchev–Trinajstić information content (AvgIpc) is 0.794. The third kappa shape index (κ3) is 46.0. The number of carbonyl (C=O) groups excluding carboxylic acids is 1. The fraction of sp³-hybridized carbons (Fsp3) is 0.762. The predicted octanol–water partition coefficient (Wildman–Crippen LogP) is 16.7. The van der Waals surface area contributed by atoms with Gasteiger partial charge in [0.2, 0.25) is 5.91 Å². The first kappa shape index (κ1) is 86.7. The molecule has 2 heterocycles. The summed E-state index contributed by atoms with van der Waals surface area (Å²) in [5, 5.41) is 87.8. The lowest BCUT2D eigenvalue weighted by Gasteiger charge is -2.46. The molecule has 14 heteroatoms. The molecule has 1 amide bonds. The molecular formula is C80H139NO13. The number of ether oxygens (including phenoxy) is 4. The number of hydrogen-bond acceptors (Lipinski definition) is 13. The van der Waals surface area contributed by atoms with Gasteiger partial charge >= 0.3 is 0 Å². The van der Waals surface area contributed by atoms with Crippen molar-refractivity contribution in [3.05, 3.63) is 109 Å². The van der Waals surface area contributed by atoms with Gasteiger partial charge in [-0.15, -0.1) is 0 Å². The van der Waals surface area contributed by atoms with Gasteiger partial charge in [0.1, 0.15) is 48.8 Å². The summed E-state index contributed by atoms with van der Waals surface area (Å²) in [6, 6.07) is -0.857. The van der Waals surface area contributed by atoms with Crippen LogP contribution in [0.2, 0.25) is 0 Å². The number of aliphatic hydroxyl groups is 8. The summed E-state index contributed by atoms with van der Waals surface area (Å²) in [5.41, 5.74) is 0. The van der Waals surface area contributed by atoms with Crippen LogP contribution in [0, 0.1) is 0 Å². The van der Waals surface area contributed by atoms with E-state index in [1.54, 1.807) is 0 Å². The highest BCUT2D eigenvalue weighted by Crippen LogP contribution is 2.30. The molecule has 14 nitrogen and oxygen atoms in total. The lowest BCUT2D eigenvalue weighted by molar-refractivity contribution is -0.359. The minimum Gasteiger partial charge on any atom is -0.394 e. The number of rotatable bonds is 62. The molecule has 0 saturated carbocycles. The number of hydrogen-bond donors (Lipinski definition) is 9. The van der Waals surface area contributed by atoms with Crippen molar-refractivity contribution in [1.29, 1.82) is 0 Å². The van der Waals surface area contributed by atoms with Crippen molar-refractivity contribution in [2.45, 2.75) is 370 Å². The van der Waals surface area contributed by atoms with Crippen molar-refractivity contribution in [1.82, 2.24) is 5.32 Å². The monoisotopic (exact) mass is 1320 g/mol. The molecule has 2 rings (SSSR count). The van der Waals surface area contributed by atoms with Gasteiger partial charge in [-0.25, -0.2) is 0 Å². The number of nitrogens with one attached hydrogen (secondary N) is 1. The van der Waals surface area contributed by atoms with E-state index in [4.69, 9.17) is 18.9 Å². The second-order valence-electron chi connectivity index (χ2n) is 26.4. The van der Waals surface area contributed by atoms with E-state index in [0.717, 1.165) is 103 Å². The maximum absolute atomic E-state index is 13.4. The normalized spacial score (nSPS) is 23.1. The molecule has 2 aliphatic rings. The van der Waals surface area contributed by atoms with E-state index in [1.165, 1.54) is 161 Å². The molecule has 542 valence electrons. The van der Waals surface area contributed by atoms with E-state index in [2.05, 4.69) is 129 Å². The average molecular weight is 1320 g/mol. The van der Waals surface area contributed by atoms with Crippen molar-refractivity contribution in [3.63, 3.8) is 0 Å². The first-order chi connectivity index (χ1) is 46.1. The van der Waals surface area contributed by atoms with Gasteiger partial charge in [0.15, 0.2) is 12.6 Å². The number of aliphatic hydroxyl groups excluding tert-OH is 8. The molecule has 0 aromatic heterocycles. The molecule has 94 heavy (non-hydrogen) atoms. The maximum Gasteiger partial charge on any atom is 0.220 e. The standard InChI is InChI=1S/C80H139NO13/c1-3-5-7-9-11-13-15-17-19-21-23-25-27-29-31-33-34-36-38-40-42-44-46-48-50-52-54-56-58-60-62-64-72(85)81-68(67-91-79-77(90)75(88)78(71(66-83)93-79)94-80-76(89)74(87)73(86)70(65-82)92-80)69(84)63-61-59-57-55-53-51-49-47-45-43-41-39-37-35-32-30-28-26-24-22-20-18-16-14-12-10-8-6-4-2/h5,7,11,13,17,19,23,25,29,31,34,36,40,42,46,48,52,54,68-71,73-80,82-84,86-90H,3-4,6,8-10,12,14-16,18,20-22,24,26-28,30,32-33,35,37-39,41,43-45,47,49-51,53,55-67H2,1-2H3,(H,81,85)/b7-5-,13-11-,19-17-,25-23-,31-29-,36-34-,42-40-,48-46-,54-52-. The van der Waals surface area contributed by atoms with E-state index < -0.39 is 86.8 Å². The Labute approximate surface area is 572 Å². The van der Waals surface area contributed by atoms with Crippen LogP contribution in [-0.4, -0.2) is 140 Å². The Hall–Kier alpha value is -3.35. The van der Waals surface area contributed by atoms with Gasteiger partial charge < -0.3 is 65.1 Å². The highest BCUT2D eigenvalue weighted by molar-refractivity contribution is 5.76. The van der Waals surface area contributed by atoms with Crippen LogP contribution in [0.5, 0.6) is 0 Å². The summed E-state index contributed by atoms with van der Waals surface area (Å²) < 4.78 is 22.9. The van der Waals surface area contributed by atoms with Crippen LogP contribution in [-0.2, 0) is 23.7 Å². The molecule has 0 bridgehead atoms. The van der Waals surface area contributed by atoms with Gasteiger partial charge in [-0.2, -0.15) is 0 Å². The molecule has 2 saturated heterocycles. The van der Waals surface area contributed by atoms with Crippen LogP contribution in [0.1, 0.15) is 296 Å². The molecule has 12 atom stereocenters. The van der Waals surface area contributed by atoms with Gasteiger partial charge in [-0.1, -0.05) is 316 Å². The zero-order valence-electron chi connectivity index (χ0n) is 59.2. The second kappa shape index (κ2) is 63.1. The molecule has 0 radical (unpaired) electrons. The Morgan fingerprint density at radius 1 is 0.394 bits per heavy atom. The Morgan fingerprint density at radius 2 is 0.734 bits per heavy atom. The van der Waals surface area contributed by atoms with Gasteiger partial charge in [-0.05, 0) is 83.5 Å². The predicted molar refractivity (Wildman–Crippen MR) is 387 cm³/mol. The maximum atomic E-state index is 13.4. The first-order valence-electron chi connectivity index (χ1n) is 38.1. The topological polar surface area (TPSA) is 228 Å². The third-order valence-corrected chi connectivity index (χ3v) is 18.0. The third-order valence-electron chi connectivity index (χ3n) is 18.0. The van der Waals surface area contributed by atoms with E-state index in [-0.39, 0.29) is 18.9 Å². The SMILES string of the molecule is CC/C=C\C/C=C\C/C=C\C/C=C\C/C=C\C/C=C\C/C=C\C/C=C\C/C=C\CCCCCC(=O)NC(COC1OC(CO)C(OC2OC(CO)C(O)C(O)C2O)C(O)C1O)C(O)CCCCCCCCCCCCCCCCCCCCCCCCCCCCCCC. The minimum absolute atomic E-state index is 0.239. The zero-order chi connectivity index (χ0) is 68.0. The summed E-state index contributed by atoms with van der Waals surface area (Å²) in [5.74, 6) is -0.239. The van der Waals surface area contributed by atoms with Crippen LogP contribution < -0.4 is 5.32 Å². The second-order valence-corrected chi connectivity index (χ2v) is 26.4. The van der Waals surface area contributed by atoms with Crippen molar-refractivity contribution < 1.29 is 64.6 Å². The smallest absolute Gasteiger partial charge is 0.220 e. The van der Waals surface area contributed by atoms with Crippen molar-refractivity contribution in [2.75, 3.05) is 19.8 Å². The molecule has 9 N–H and O–H groups in total. The highest BCUT2D eigenvalue weighted by atomic mass is 16.7. The summed E-state index contributed by atoms with van der Waals surface area (Å²) in [6.07, 6.45) is 73.9. The van der Waals surface area contributed by atoms with Gasteiger partial charge in [0, 0.05) is 6.42 Å². The quantitative estimate of drug-likeness (QED) is 0.0204. The highest BCUT2D eigenvalue weighted by Gasteiger charge is 2.51. The number of unbranched alkanes of at least 4 members (excludes halogenated alkanes) is 31. The fourth-order valence-corrected chi connectivity index (χ4v) is 12.0. The molecule has 0 aromatic carbocycles. The van der Waals surface area contributed by atoms with Gasteiger partial charge in [0.05, 0.1) is 32.0 Å². The molecular weight excluding hydrogens is 1180 g/mol. The number of carbonyl (C=O) groups is 1. The van der Waals surface area contributed by atoms with Crippen molar-refractivity contribution >= 4 is 5.91 Å². The lowest BCUT2D eigenvalue weighted by Crippen LogP contribution is -2.65. The fourth-order valence-electron chi connectivity index (χ4n) is 12.0. The molecule has 0 spiro atoms. The molecule has 12 unspecified atom stereocenters. The van der Waals surface area contributed by atoms with Crippen LogP contribution in [0.3, 0.4) is 0 Å². The van der Waals surface area contributed by atoms with E-state index in [0.29, 0.717) is 12.8 Å². The Balaban J connectivity index is 1.67. The largest absolute Gasteiger partial charge is 0.394 e. The summed E-state index contributed by atoms with van der Waals surface area (Å²) in [4.78, 5) is 13.4. The van der Waals surface area contributed by atoms with E-state index in [1.807, 2.05) is 0 Å². The minimum atomic E-state index is -1.79. The van der Waals surface area contributed by atoms with Crippen LogP contribution >= 0.6 is 0 Å².